The Balaban J connectivity index is 2.06. The van der Waals surface area contributed by atoms with Crippen molar-refractivity contribution >= 4 is 15.7 Å². The lowest BCUT2D eigenvalue weighted by molar-refractivity contribution is 0.0453. The third-order valence-corrected chi connectivity index (χ3v) is 4.53. The minimum Gasteiger partial charge on any atom is -0.398 e. The molecule has 1 aromatic carbocycles. The summed E-state index contributed by atoms with van der Waals surface area (Å²) >= 11 is 0. The fraction of sp³-hybridized carbons (Fsp3) is 0.455. The Hall–Kier alpha value is -1.18. The number of aliphatic hydroxyl groups is 1. The van der Waals surface area contributed by atoms with Gasteiger partial charge in [-0.3, -0.25) is 0 Å². The van der Waals surface area contributed by atoms with E-state index in [2.05, 4.69) is 4.72 Å². The summed E-state index contributed by atoms with van der Waals surface area (Å²) in [5, 5.41) is 9.10. The molecule has 0 aliphatic heterocycles. The van der Waals surface area contributed by atoms with Gasteiger partial charge in [-0.1, -0.05) is 0 Å². The van der Waals surface area contributed by atoms with Gasteiger partial charge in [-0.15, -0.1) is 0 Å². The van der Waals surface area contributed by atoms with Gasteiger partial charge in [0.15, 0.2) is 0 Å². The summed E-state index contributed by atoms with van der Waals surface area (Å²) in [6, 6.07) is 3.17. The van der Waals surface area contributed by atoms with E-state index in [0.717, 1.165) is 18.2 Å². The van der Waals surface area contributed by atoms with Crippen LogP contribution in [-0.2, 0) is 10.0 Å². The van der Waals surface area contributed by atoms with Gasteiger partial charge in [0.05, 0.1) is 11.8 Å². The molecule has 1 aromatic rings. The second kappa shape index (κ2) is 4.83. The molecule has 0 atom stereocenters. The van der Waals surface area contributed by atoms with Crippen LogP contribution in [0, 0.1) is 11.7 Å². The molecule has 1 aliphatic rings. The van der Waals surface area contributed by atoms with Gasteiger partial charge in [-0.05, 0) is 37.0 Å². The summed E-state index contributed by atoms with van der Waals surface area (Å²) in [7, 11) is -3.72. The lowest BCUT2D eigenvalue weighted by Gasteiger charge is -2.31. The number of aliphatic hydroxyl groups excluding tert-OH is 1. The van der Waals surface area contributed by atoms with Gasteiger partial charge < -0.3 is 10.8 Å². The van der Waals surface area contributed by atoms with Crippen molar-refractivity contribution in [3.8, 4) is 0 Å². The van der Waals surface area contributed by atoms with E-state index in [0.29, 0.717) is 12.8 Å². The zero-order chi connectivity index (χ0) is 13.3. The number of hydrogen-bond acceptors (Lipinski definition) is 4. The van der Waals surface area contributed by atoms with E-state index < -0.39 is 15.8 Å². The Kier molecular flexibility index (Phi) is 3.56. The maximum atomic E-state index is 12.8. The molecule has 2 rings (SSSR count). The van der Waals surface area contributed by atoms with Gasteiger partial charge in [-0.2, -0.15) is 0 Å². The first kappa shape index (κ1) is 13.3. The molecule has 0 heterocycles. The zero-order valence-electron chi connectivity index (χ0n) is 9.64. The Bertz CT molecular complexity index is 541. The van der Waals surface area contributed by atoms with E-state index in [1.807, 2.05) is 0 Å². The summed E-state index contributed by atoms with van der Waals surface area (Å²) in [6.45, 7) is 0.260. The predicted octanol–water partition coefficient (Wildman–Crippen LogP) is 0.457. The summed E-state index contributed by atoms with van der Waals surface area (Å²) in [5.41, 5.74) is 5.37. The Morgan fingerprint density at radius 2 is 2.11 bits per heavy atom. The van der Waals surface area contributed by atoms with Crippen LogP contribution in [0.4, 0.5) is 10.1 Å². The average molecular weight is 274 g/mol. The summed E-state index contributed by atoms with van der Waals surface area (Å²) < 4.78 is 39.1. The molecular formula is C11H15FN2O3S. The highest BCUT2D eigenvalue weighted by Gasteiger charge is 2.28. The topological polar surface area (TPSA) is 92.4 Å². The van der Waals surface area contributed by atoms with Crippen molar-refractivity contribution in [1.29, 1.82) is 0 Å². The second-order valence-corrected chi connectivity index (χ2v) is 6.26. The number of benzene rings is 1. The molecule has 100 valence electrons. The molecule has 18 heavy (non-hydrogen) atoms. The summed E-state index contributed by atoms with van der Waals surface area (Å²) in [6.07, 6.45) is 0.874. The molecule has 1 aliphatic carbocycles. The fourth-order valence-electron chi connectivity index (χ4n) is 1.94. The molecule has 1 saturated carbocycles. The molecule has 7 heteroatoms. The highest BCUT2D eigenvalue weighted by atomic mass is 32.2. The Morgan fingerprint density at radius 3 is 2.67 bits per heavy atom. The summed E-state index contributed by atoms with van der Waals surface area (Å²) in [5.74, 6) is -0.426. The second-order valence-electron chi connectivity index (χ2n) is 4.53. The minimum atomic E-state index is -3.72. The number of nitrogen functional groups attached to an aromatic ring is 1. The van der Waals surface area contributed by atoms with Crippen LogP contribution in [0.5, 0.6) is 0 Å². The van der Waals surface area contributed by atoms with Gasteiger partial charge in [0.25, 0.3) is 0 Å². The van der Waals surface area contributed by atoms with Crippen molar-refractivity contribution in [2.75, 3.05) is 12.3 Å². The molecule has 0 unspecified atom stereocenters. The number of nitrogens with one attached hydrogen (secondary N) is 1. The molecule has 1 fully saturated rings. The Morgan fingerprint density at radius 1 is 1.44 bits per heavy atom. The van der Waals surface area contributed by atoms with E-state index in [1.165, 1.54) is 0 Å². The fourth-order valence-corrected chi connectivity index (χ4v) is 3.16. The quantitative estimate of drug-likeness (QED) is 0.695. The molecule has 4 N–H and O–H groups in total. The highest BCUT2D eigenvalue weighted by Crippen LogP contribution is 2.27. The van der Waals surface area contributed by atoms with Crippen molar-refractivity contribution in [3.63, 3.8) is 0 Å². The van der Waals surface area contributed by atoms with Gasteiger partial charge in [0.1, 0.15) is 10.7 Å². The zero-order valence-corrected chi connectivity index (χ0v) is 10.5. The SMILES string of the molecule is Nc1cc(F)ccc1S(=O)(=O)NCC1CC(O)C1. The van der Waals surface area contributed by atoms with Crippen molar-refractivity contribution in [3.05, 3.63) is 24.0 Å². The largest absolute Gasteiger partial charge is 0.398 e. The molecule has 0 spiro atoms. The number of rotatable bonds is 4. The van der Waals surface area contributed by atoms with Crippen LogP contribution in [0.2, 0.25) is 0 Å². The minimum absolute atomic E-state index is 0.115. The molecule has 5 nitrogen and oxygen atoms in total. The van der Waals surface area contributed by atoms with E-state index in [4.69, 9.17) is 10.8 Å². The standard InChI is InChI=1S/C11H15FN2O3S/c12-8-1-2-11(10(13)5-8)18(16,17)14-6-7-3-9(15)4-7/h1-2,5,7,9,14-15H,3-4,6,13H2. The van der Waals surface area contributed by atoms with Crippen LogP contribution in [0.15, 0.2) is 23.1 Å². The normalized spacial score (nSPS) is 23.7. The maximum Gasteiger partial charge on any atom is 0.242 e. The molecule has 0 amide bonds. The van der Waals surface area contributed by atoms with E-state index in [9.17, 15) is 12.8 Å². The third-order valence-electron chi connectivity index (χ3n) is 3.03. The van der Waals surface area contributed by atoms with E-state index >= 15 is 0 Å². The first-order valence-corrected chi connectivity index (χ1v) is 7.09. The van der Waals surface area contributed by atoms with Gasteiger partial charge in [-0.25, -0.2) is 17.5 Å². The first-order chi connectivity index (χ1) is 8.38. The molecule has 0 aromatic heterocycles. The molecular weight excluding hydrogens is 259 g/mol. The lowest BCUT2D eigenvalue weighted by atomic mass is 9.83. The number of anilines is 1. The van der Waals surface area contributed by atoms with Crippen LogP contribution in [0.1, 0.15) is 12.8 Å². The number of hydrogen-bond donors (Lipinski definition) is 3. The summed E-state index contributed by atoms with van der Waals surface area (Å²) in [4.78, 5) is -0.122. The van der Waals surface area contributed by atoms with Crippen molar-refractivity contribution < 1.29 is 17.9 Å². The Labute approximate surface area is 105 Å². The molecule has 0 bridgehead atoms. The third kappa shape index (κ3) is 2.80. The van der Waals surface area contributed by atoms with Crippen molar-refractivity contribution in [1.82, 2.24) is 4.72 Å². The van der Waals surface area contributed by atoms with Crippen LogP contribution < -0.4 is 10.5 Å². The number of sulfonamides is 1. The van der Waals surface area contributed by atoms with Crippen molar-refractivity contribution in [2.24, 2.45) is 5.92 Å². The number of nitrogens with two attached hydrogens (primary N) is 1. The van der Waals surface area contributed by atoms with Crippen LogP contribution in [-0.4, -0.2) is 26.2 Å². The van der Waals surface area contributed by atoms with Crippen LogP contribution >= 0.6 is 0 Å². The monoisotopic (exact) mass is 274 g/mol. The van der Waals surface area contributed by atoms with Crippen LogP contribution in [0.25, 0.3) is 0 Å². The molecule has 0 radical (unpaired) electrons. The number of halogens is 1. The predicted molar refractivity (Wildman–Crippen MR) is 64.7 cm³/mol. The average Bonchev–Trinajstić information content (AvgIpc) is 2.22. The highest BCUT2D eigenvalue weighted by molar-refractivity contribution is 7.89. The van der Waals surface area contributed by atoms with Crippen molar-refractivity contribution in [2.45, 2.75) is 23.8 Å². The molecule has 0 saturated heterocycles. The smallest absolute Gasteiger partial charge is 0.242 e. The lowest BCUT2D eigenvalue weighted by Crippen LogP contribution is -2.38. The van der Waals surface area contributed by atoms with Gasteiger partial charge in [0.2, 0.25) is 10.0 Å². The van der Waals surface area contributed by atoms with Gasteiger partial charge in [0, 0.05) is 6.54 Å². The van der Waals surface area contributed by atoms with Crippen LogP contribution in [0.3, 0.4) is 0 Å². The van der Waals surface area contributed by atoms with E-state index in [1.54, 1.807) is 0 Å². The first-order valence-electron chi connectivity index (χ1n) is 5.61. The van der Waals surface area contributed by atoms with E-state index in [-0.39, 0.29) is 29.1 Å². The van der Waals surface area contributed by atoms with Gasteiger partial charge >= 0.3 is 0 Å². The maximum absolute atomic E-state index is 12.8.